The minimum absolute atomic E-state index is 0.200. The molecule has 12 nitrogen and oxygen atoms in total. The first-order chi connectivity index (χ1) is 15.1. The van der Waals surface area contributed by atoms with E-state index < -0.39 is 71.5 Å². The minimum Gasteiger partial charge on any atom is -0.480 e. The summed E-state index contributed by atoms with van der Waals surface area (Å²) in [6.07, 6.45) is -5.18. The van der Waals surface area contributed by atoms with Crippen LogP contribution in [0.2, 0.25) is 0 Å². The van der Waals surface area contributed by atoms with Gasteiger partial charge < -0.3 is 34.1 Å². The molecule has 1 rings (SSSR count). The van der Waals surface area contributed by atoms with Crippen LogP contribution in [-0.2, 0) is 42.9 Å². The maximum Gasteiger partial charge on any atom is 0.408 e. The SMILES string of the molecule is CC(=O)O[C@@H]1[C@H](OC(C)=O)[C@H](C)O[C@@H](SC[C@@H](NC(=O)OC(C)(C)C)C(=O)O)[C@H]1OC(C)=O. The Bertz CT molecular complexity index is 751. The van der Waals surface area contributed by atoms with E-state index in [2.05, 4.69) is 5.32 Å². The minimum atomic E-state index is -1.36. The van der Waals surface area contributed by atoms with E-state index in [0.717, 1.165) is 25.6 Å². The molecule has 1 amide bonds. The fourth-order valence-electron chi connectivity index (χ4n) is 2.92. The second-order valence-corrected chi connectivity index (χ2v) is 9.43. The number of carboxylic acid groups (broad SMARTS) is 1. The van der Waals surface area contributed by atoms with Crippen molar-refractivity contribution in [3.63, 3.8) is 0 Å². The third-order valence-electron chi connectivity index (χ3n) is 4.05. The number of nitrogens with one attached hydrogen (secondary N) is 1. The molecule has 0 bridgehead atoms. The molecule has 188 valence electrons. The molecule has 0 radical (unpaired) electrons. The number of carbonyl (C=O) groups excluding carboxylic acids is 4. The van der Waals surface area contributed by atoms with Crippen LogP contribution in [0.5, 0.6) is 0 Å². The number of rotatable bonds is 8. The van der Waals surface area contributed by atoms with Crippen LogP contribution in [0, 0.1) is 0 Å². The van der Waals surface area contributed by atoms with Crippen molar-refractivity contribution in [2.75, 3.05) is 5.75 Å². The number of carboxylic acids is 1. The number of carbonyl (C=O) groups is 5. The average molecular weight is 494 g/mol. The number of alkyl carbamates (subject to hydrolysis) is 1. The van der Waals surface area contributed by atoms with E-state index in [-0.39, 0.29) is 5.75 Å². The fourth-order valence-corrected chi connectivity index (χ4v) is 4.18. The van der Waals surface area contributed by atoms with Crippen LogP contribution in [0.25, 0.3) is 0 Å². The normalized spacial score (nSPS) is 25.8. The van der Waals surface area contributed by atoms with Crippen LogP contribution in [0.15, 0.2) is 0 Å². The van der Waals surface area contributed by atoms with Crippen molar-refractivity contribution >= 4 is 41.7 Å². The highest BCUT2D eigenvalue weighted by molar-refractivity contribution is 7.99. The second-order valence-electron chi connectivity index (χ2n) is 8.30. The van der Waals surface area contributed by atoms with Crippen molar-refractivity contribution in [3.8, 4) is 0 Å². The highest BCUT2D eigenvalue weighted by Gasteiger charge is 2.50. The Morgan fingerprint density at radius 1 is 0.939 bits per heavy atom. The third-order valence-corrected chi connectivity index (χ3v) is 5.28. The Hall–Kier alpha value is -2.54. The van der Waals surface area contributed by atoms with Crippen LogP contribution < -0.4 is 5.32 Å². The first-order valence-corrected chi connectivity index (χ1v) is 11.2. The smallest absolute Gasteiger partial charge is 0.408 e. The first-order valence-electron chi connectivity index (χ1n) is 10.1. The number of ether oxygens (including phenoxy) is 5. The van der Waals surface area contributed by atoms with Crippen LogP contribution in [0.4, 0.5) is 4.79 Å². The van der Waals surface area contributed by atoms with E-state index in [1.165, 1.54) is 6.92 Å². The van der Waals surface area contributed by atoms with E-state index in [1.54, 1.807) is 27.7 Å². The lowest BCUT2D eigenvalue weighted by Gasteiger charge is -2.43. The molecule has 0 unspecified atom stereocenters. The van der Waals surface area contributed by atoms with E-state index in [9.17, 15) is 29.1 Å². The topological polar surface area (TPSA) is 164 Å². The maximum absolute atomic E-state index is 12.0. The maximum atomic E-state index is 12.0. The van der Waals surface area contributed by atoms with E-state index >= 15 is 0 Å². The van der Waals surface area contributed by atoms with Gasteiger partial charge in [-0.15, -0.1) is 11.8 Å². The molecule has 0 aliphatic carbocycles. The summed E-state index contributed by atoms with van der Waals surface area (Å²) in [6.45, 7) is 9.90. The van der Waals surface area contributed by atoms with Gasteiger partial charge in [0.05, 0.1) is 6.10 Å². The zero-order valence-corrected chi connectivity index (χ0v) is 20.4. The van der Waals surface area contributed by atoms with Gasteiger partial charge in [-0.05, 0) is 27.7 Å². The van der Waals surface area contributed by atoms with Crippen molar-refractivity contribution in [3.05, 3.63) is 0 Å². The molecular formula is C20H31NO11S. The first kappa shape index (κ1) is 28.5. The molecule has 1 saturated heterocycles. The van der Waals surface area contributed by atoms with Gasteiger partial charge in [0.1, 0.15) is 17.1 Å². The van der Waals surface area contributed by atoms with Crippen LogP contribution in [-0.4, -0.2) is 82.3 Å². The quantitative estimate of drug-likeness (QED) is 0.368. The van der Waals surface area contributed by atoms with Crippen molar-refractivity contribution < 1.29 is 52.8 Å². The molecule has 1 aliphatic rings. The molecule has 1 heterocycles. The Kier molecular flexibility index (Phi) is 10.4. The van der Waals surface area contributed by atoms with Crippen molar-refractivity contribution in [2.24, 2.45) is 0 Å². The molecule has 33 heavy (non-hydrogen) atoms. The molecule has 6 atom stereocenters. The van der Waals surface area contributed by atoms with Gasteiger partial charge in [-0.25, -0.2) is 9.59 Å². The van der Waals surface area contributed by atoms with Gasteiger partial charge in [-0.2, -0.15) is 0 Å². The summed E-state index contributed by atoms with van der Waals surface area (Å²) in [5, 5.41) is 11.7. The summed E-state index contributed by atoms with van der Waals surface area (Å²) in [5.41, 5.74) is -1.83. The zero-order chi connectivity index (χ0) is 25.5. The molecular weight excluding hydrogens is 462 g/mol. The average Bonchev–Trinajstić information content (AvgIpc) is 2.61. The molecule has 0 aromatic carbocycles. The van der Waals surface area contributed by atoms with Gasteiger partial charge in [0, 0.05) is 26.5 Å². The van der Waals surface area contributed by atoms with Crippen molar-refractivity contribution in [1.82, 2.24) is 5.32 Å². The third kappa shape index (κ3) is 9.86. The number of esters is 3. The van der Waals surface area contributed by atoms with E-state index in [4.69, 9.17) is 23.7 Å². The summed E-state index contributed by atoms with van der Waals surface area (Å²) in [6, 6.07) is -1.36. The molecule has 2 N–H and O–H groups in total. The molecule has 1 fully saturated rings. The Balaban J connectivity index is 3.07. The van der Waals surface area contributed by atoms with E-state index in [0.29, 0.717) is 0 Å². The summed E-state index contributed by atoms with van der Waals surface area (Å²) < 4.78 is 26.7. The molecule has 0 spiro atoms. The lowest BCUT2D eigenvalue weighted by Crippen LogP contribution is -2.60. The van der Waals surface area contributed by atoms with Crippen molar-refractivity contribution in [1.29, 1.82) is 0 Å². The monoisotopic (exact) mass is 493 g/mol. The van der Waals surface area contributed by atoms with Crippen LogP contribution >= 0.6 is 11.8 Å². The van der Waals surface area contributed by atoms with E-state index in [1.807, 2.05) is 0 Å². The van der Waals surface area contributed by atoms with Crippen LogP contribution in [0.3, 0.4) is 0 Å². The number of amides is 1. The Morgan fingerprint density at radius 3 is 1.88 bits per heavy atom. The molecule has 1 aliphatic heterocycles. The van der Waals surface area contributed by atoms with Gasteiger partial charge in [0.25, 0.3) is 0 Å². The largest absolute Gasteiger partial charge is 0.480 e. The lowest BCUT2D eigenvalue weighted by molar-refractivity contribution is -0.229. The van der Waals surface area contributed by atoms with Crippen molar-refractivity contribution in [2.45, 2.75) is 90.0 Å². The van der Waals surface area contributed by atoms with Gasteiger partial charge in [0.15, 0.2) is 18.3 Å². The van der Waals surface area contributed by atoms with Gasteiger partial charge in [0.2, 0.25) is 0 Å². The molecule has 0 aromatic rings. The van der Waals surface area contributed by atoms with Crippen LogP contribution in [0.1, 0.15) is 48.5 Å². The predicted molar refractivity (Wildman–Crippen MR) is 114 cm³/mol. The molecule has 0 aromatic heterocycles. The number of hydrogen-bond acceptors (Lipinski definition) is 11. The fraction of sp³-hybridized carbons (Fsp3) is 0.750. The number of aliphatic carboxylic acids is 1. The van der Waals surface area contributed by atoms with Gasteiger partial charge >= 0.3 is 30.0 Å². The summed E-state index contributed by atoms with van der Waals surface area (Å²) in [4.78, 5) is 58.6. The Morgan fingerprint density at radius 2 is 1.42 bits per heavy atom. The zero-order valence-electron chi connectivity index (χ0n) is 19.6. The number of hydrogen-bond donors (Lipinski definition) is 2. The summed E-state index contributed by atoms with van der Waals surface area (Å²) >= 11 is 0.917. The highest BCUT2D eigenvalue weighted by Crippen LogP contribution is 2.34. The van der Waals surface area contributed by atoms with Gasteiger partial charge in [-0.1, -0.05) is 0 Å². The number of thioether (sulfide) groups is 1. The molecule has 0 saturated carbocycles. The molecule has 13 heteroatoms. The summed E-state index contributed by atoms with van der Waals surface area (Å²) in [7, 11) is 0. The predicted octanol–water partition coefficient (Wildman–Crippen LogP) is 1.24. The van der Waals surface area contributed by atoms with Gasteiger partial charge in [-0.3, -0.25) is 14.4 Å². The standard InChI is InChI=1S/C20H31NO11S/c1-9-14(29-10(2)22)15(30-11(3)23)16(31-12(4)24)18(28-9)33-8-13(17(25)26)21-19(27)32-20(5,6)7/h9,13-16,18H,8H2,1-7H3,(H,21,27)(H,25,26)/t9-,13+,14+,15+,16-,18-/m0/s1. The Labute approximate surface area is 196 Å². The highest BCUT2D eigenvalue weighted by atomic mass is 32.2. The lowest BCUT2D eigenvalue weighted by atomic mass is 10.00. The summed E-state index contributed by atoms with van der Waals surface area (Å²) in [5.74, 6) is -3.61. The second kappa shape index (κ2) is 12.1.